The summed E-state index contributed by atoms with van der Waals surface area (Å²) in [6, 6.07) is 11.9. The fourth-order valence-corrected chi connectivity index (χ4v) is 4.62. The largest absolute Gasteiger partial charge is 0.289 e. The van der Waals surface area contributed by atoms with Gasteiger partial charge in [-0.05, 0) is 60.9 Å². The zero-order chi connectivity index (χ0) is 19.3. The molecule has 1 heterocycles. The van der Waals surface area contributed by atoms with Gasteiger partial charge in [0, 0.05) is 18.7 Å². The molecule has 27 heavy (non-hydrogen) atoms. The standard InChI is InChI=1S/C21H22FNO3S/c22-19-7-5-6-17(16-19)8-13-21(24)18-9-11-20(12-10-18)27(25,26)23-14-3-1-2-4-15-23/h5-13,16H,1-4,14-15H2. The number of allylic oxidation sites excluding steroid dienone is 1. The fraction of sp³-hybridized carbons (Fsp3) is 0.286. The van der Waals surface area contributed by atoms with Gasteiger partial charge in [-0.1, -0.05) is 31.1 Å². The van der Waals surface area contributed by atoms with Crippen molar-refractivity contribution in [3.63, 3.8) is 0 Å². The van der Waals surface area contributed by atoms with Crippen molar-refractivity contribution in [1.29, 1.82) is 0 Å². The van der Waals surface area contributed by atoms with Crippen LogP contribution in [0.3, 0.4) is 0 Å². The maximum absolute atomic E-state index is 13.2. The number of halogens is 1. The lowest BCUT2D eigenvalue weighted by molar-refractivity contribution is 0.104. The highest BCUT2D eigenvalue weighted by molar-refractivity contribution is 7.89. The number of benzene rings is 2. The van der Waals surface area contributed by atoms with Gasteiger partial charge in [0.15, 0.2) is 5.78 Å². The number of carbonyl (C=O) groups excluding carboxylic acids is 1. The van der Waals surface area contributed by atoms with Gasteiger partial charge >= 0.3 is 0 Å². The van der Waals surface area contributed by atoms with Gasteiger partial charge in [0.2, 0.25) is 10.0 Å². The van der Waals surface area contributed by atoms with Crippen LogP contribution >= 0.6 is 0 Å². The lowest BCUT2D eigenvalue weighted by atomic mass is 10.1. The van der Waals surface area contributed by atoms with Crippen LogP contribution in [0.2, 0.25) is 0 Å². The molecular weight excluding hydrogens is 365 g/mol. The molecule has 1 aliphatic heterocycles. The molecule has 0 spiro atoms. The third kappa shape index (κ3) is 4.90. The van der Waals surface area contributed by atoms with Gasteiger partial charge in [0.05, 0.1) is 4.90 Å². The van der Waals surface area contributed by atoms with Crippen LogP contribution in [0.1, 0.15) is 41.6 Å². The molecule has 0 unspecified atom stereocenters. The van der Waals surface area contributed by atoms with E-state index in [2.05, 4.69) is 0 Å². The molecule has 6 heteroatoms. The van der Waals surface area contributed by atoms with Crippen molar-refractivity contribution in [3.05, 3.63) is 71.6 Å². The van der Waals surface area contributed by atoms with Crippen LogP contribution in [-0.4, -0.2) is 31.6 Å². The number of rotatable bonds is 5. The van der Waals surface area contributed by atoms with Crippen LogP contribution in [0.15, 0.2) is 59.5 Å². The molecule has 3 rings (SSSR count). The summed E-state index contributed by atoms with van der Waals surface area (Å²) in [4.78, 5) is 12.5. The highest BCUT2D eigenvalue weighted by atomic mass is 32.2. The van der Waals surface area contributed by atoms with Crippen LogP contribution < -0.4 is 0 Å². The molecule has 1 fully saturated rings. The quantitative estimate of drug-likeness (QED) is 0.568. The topological polar surface area (TPSA) is 54.5 Å². The first kappa shape index (κ1) is 19.5. The van der Waals surface area contributed by atoms with Crippen LogP contribution in [0, 0.1) is 5.82 Å². The number of hydrogen-bond acceptors (Lipinski definition) is 3. The van der Waals surface area contributed by atoms with E-state index in [9.17, 15) is 17.6 Å². The summed E-state index contributed by atoms with van der Waals surface area (Å²) in [5.74, 6) is -0.634. The molecule has 0 aromatic heterocycles. The van der Waals surface area contributed by atoms with Crippen LogP contribution in [0.25, 0.3) is 6.08 Å². The Bertz CT molecular complexity index is 928. The first-order chi connectivity index (χ1) is 13.0. The fourth-order valence-electron chi connectivity index (χ4n) is 3.10. The van der Waals surface area contributed by atoms with Gasteiger partial charge < -0.3 is 0 Å². The second kappa shape index (κ2) is 8.59. The number of nitrogens with zero attached hydrogens (tertiary/aromatic N) is 1. The van der Waals surface area contributed by atoms with Crippen molar-refractivity contribution in [3.8, 4) is 0 Å². The zero-order valence-electron chi connectivity index (χ0n) is 15.0. The SMILES string of the molecule is O=C(C=Cc1cccc(F)c1)c1ccc(S(=O)(=O)N2CCCCCC2)cc1. The Labute approximate surface area is 159 Å². The van der Waals surface area contributed by atoms with E-state index in [1.165, 1.54) is 52.9 Å². The van der Waals surface area contributed by atoms with Crippen molar-refractivity contribution in [2.45, 2.75) is 30.6 Å². The third-order valence-corrected chi connectivity index (χ3v) is 6.53. The summed E-state index contributed by atoms with van der Waals surface area (Å²) in [5.41, 5.74) is 0.973. The Hall–Kier alpha value is -2.31. The molecule has 1 aliphatic rings. The van der Waals surface area contributed by atoms with E-state index in [1.54, 1.807) is 12.1 Å². The molecule has 0 amide bonds. The van der Waals surface area contributed by atoms with E-state index in [-0.39, 0.29) is 16.5 Å². The van der Waals surface area contributed by atoms with E-state index < -0.39 is 10.0 Å². The van der Waals surface area contributed by atoms with Crippen molar-refractivity contribution in [2.75, 3.05) is 13.1 Å². The van der Waals surface area contributed by atoms with Gasteiger partial charge in [0.25, 0.3) is 0 Å². The molecule has 0 atom stereocenters. The van der Waals surface area contributed by atoms with E-state index in [0.29, 0.717) is 24.2 Å². The number of hydrogen-bond donors (Lipinski definition) is 0. The molecule has 2 aromatic carbocycles. The Kier molecular flexibility index (Phi) is 6.19. The summed E-state index contributed by atoms with van der Waals surface area (Å²) in [6.45, 7) is 1.08. The molecule has 142 valence electrons. The van der Waals surface area contributed by atoms with Gasteiger partial charge in [-0.2, -0.15) is 4.31 Å². The first-order valence-corrected chi connectivity index (χ1v) is 10.5. The van der Waals surface area contributed by atoms with Crippen molar-refractivity contribution < 1.29 is 17.6 Å². The monoisotopic (exact) mass is 387 g/mol. The normalized spacial score (nSPS) is 16.3. The predicted octanol–water partition coefficient (Wildman–Crippen LogP) is 4.29. The minimum Gasteiger partial charge on any atom is -0.289 e. The predicted molar refractivity (Wildman–Crippen MR) is 103 cm³/mol. The molecular formula is C21H22FNO3S. The van der Waals surface area contributed by atoms with Gasteiger partial charge in [0.1, 0.15) is 5.82 Å². The summed E-state index contributed by atoms with van der Waals surface area (Å²) < 4.78 is 40.2. The Balaban J connectivity index is 1.73. The smallest absolute Gasteiger partial charge is 0.243 e. The van der Waals surface area contributed by atoms with E-state index in [4.69, 9.17) is 0 Å². The van der Waals surface area contributed by atoms with Crippen molar-refractivity contribution in [2.24, 2.45) is 0 Å². The summed E-state index contributed by atoms with van der Waals surface area (Å²) in [5, 5.41) is 0. The Morgan fingerprint density at radius 1 is 0.963 bits per heavy atom. The molecule has 0 bridgehead atoms. The minimum atomic E-state index is -3.53. The summed E-state index contributed by atoms with van der Waals surface area (Å²) >= 11 is 0. The molecule has 2 aromatic rings. The number of sulfonamides is 1. The van der Waals surface area contributed by atoms with Gasteiger partial charge in [-0.3, -0.25) is 4.79 Å². The Morgan fingerprint density at radius 3 is 2.26 bits per heavy atom. The Morgan fingerprint density at radius 2 is 1.63 bits per heavy atom. The zero-order valence-corrected chi connectivity index (χ0v) is 15.8. The van der Waals surface area contributed by atoms with Crippen molar-refractivity contribution >= 4 is 21.9 Å². The molecule has 0 saturated carbocycles. The highest BCUT2D eigenvalue weighted by Gasteiger charge is 2.25. The van der Waals surface area contributed by atoms with Crippen LogP contribution in [-0.2, 0) is 10.0 Å². The average Bonchev–Trinajstić information content (AvgIpc) is 2.96. The van der Waals surface area contributed by atoms with Gasteiger partial charge in [-0.15, -0.1) is 0 Å². The highest BCUT2D eigenvalue weighted by Crippen LogP contribution is 2.21. The van der Waals surface area contributed by atoms with E-state index >= 15 is 0 Å². The lowest BCUT2D eigenvalue weighted by Crippen LogP contribution is -2.31. The third-order valence-electron chi connectivity index (χ3n) is 4.62. The van der Waals surface area contributed by atoms with Crippen LogP contribution in [0.4, 0.5) is 4.39 Å². The molecule has 1 saturated heterocycles. The average molecular weight is 387 g/mol. The van der Waals surface area contributed by atoms with Crippen molar-refractivity contribution in [1.82, 2.24) is 4.31 Å². The maximum Gasteiger partial charge on any atom is 0.243 e. The number of ketones is 1. The minimum absolute atomic E-state index is 0.204. The summed E-state index contributed by atoms with van der Waals surface area (Å²) in [6.07, 6.45) is 6.75. The maximum atomic E-state index is 13.2. The molecule has 0 aliphatic carbocycles. The first-order valence-electron chi connectivity index (χ1n) is 9.05. The van der Waals surface area contributed by atoms with Crippen LogP contribution in [0.5, 0.6) is 0 Å². The van der Waals surface area contributed by atoms with Gasteiger partial charge in [-0.25, -0.2) is 12.8 Å². The lowest BCUT2D eigenvalue weighted by Gasteiger charge is -2.19. The molecule has 0 N–H and O–H groups in total. The summed E-state index contributed by atoms with van der Waals surface area (Å²) in [7, 11) is -3.53. The second-order valence-corrected chi connectivity index (χ2v) is 8.53. The number of carbonyl (C=O) groups is 1. The van der Waals surface area contributed by atoms with E-state index in [0.717, 1.165) is 25.7 Å². The second-order valence-electron chi connectivity index (χ2n) is 6.60. The van der Waals surface area contributed by atoms with E-state index in [1.807, 2.05) is 0 Å². The molecule has 4 nitrogen and oxygen atoms in total. The molecule has 0 radical (unpaired) electrons.